The van der Waals surface area contributed by atoms with Gasteiger partial charge in [0.15, 0.2) is 0 Å². The highest BCUT2D eigenvalue weighted by Gasteiger charge is 2.30. The van der Waals surface area contributed by atoms with E-state index in [4.69, 9.17) is 28.0 Å². The molecule has 0 aromatic carbocycles. The zero-order valence-corrected chi connectivity index (χ0v) is 20.8. The van der Waals surface area contributed by atoms with E-state index in [1.54, 1.807) is 13.8 Å². The number of nitrogens with one attached hydrogen (secondary N) is 3. The van der Waals surface area contributed by atoms with Gasteiger partial charge in [0.2, 0.25) is 23.6 Å². The summed E-state index contributed by atoms with van der Waals surface area (Å²) in [5, 5.41) is 16.6. The monoisotopic (exact) mass is 501 g/mol. The lowest BCUT2D eigenvalue weighted by Crippen LogP contribution is -2.58. The molecule has 0 fully saturated rings. The summed E-state index contributed by atoms with van der Waals surface area (Å²) in [4.78, 5) is 61.1. The predicted octanol–water partition coefficient (Wildman–Crippen LogP) is -1.97. The Hall–Kier alpha value is -2.77. The number of aliphatic carboxylic acids is 1. The van der Waals surface area contributed by atoms with Crippen molar-refractivity contribution in [1.82, 2.24) is 16.0 Å². The predicted molar refractivity (Wildman–Crippen MR) is 130 cm³/mol. The van der Waals surface area contributed by atoms with E-state index in [-0.39, 0.29) is 18.8 Å². The number of carboxylic acids is 1. The number of amides is 4. The lowest BCUT2D eigenvalue weighted by molar-refractivity contribution is -0.138. The first kappa shape index (κ1) is 32.2. The third kappa shape index (κ3) is 13.6. The molecule has 0 aromatic rings. The van der Waals surface area contributed by atoms with Crippen molar-refractivity contribution in [3.05, 3.63) is 0 Å². The third-order valence-corrected chi connectivity index (χ3v) is 5.44. The summed E-state index contributed by atoms with van der Waals surface area (Å²) in [6.45, 7) is 4.24. The number of rotatable bonds is 19. The van der Waals surface area contributed by atoms with Crippen molar-refractivity contribution in [3.8, 4) is 0 Å². The molecule has 0 aliphatic rings. The van der Waals surface area contributed by atoms with Crippen molar-refractivity contribution in [2.45, 2.75) is 89.4 Å². The molecule has 0 rings (SSSR count). The van der Waals surface area contributed by atoms with Gasteiger partial charge < -0.3 is 44.0 Å². The zero-order chi connectivity index (χ0) is 27.0. The average Bonchev–Trinajstić information content (AvgIpc) is 2.78. The minimum absolute atomic E-state index is 0.224. The third-order valence-electron chi connectivity index (χ3n) is 5.44. The Morgan fingerprint density at radius 3 is 1.71 bits per heavy atom. The van der Waals surface area contributed by atoms with Crippen LogP contribution in [0.3, 0.4) is 0 Å². The van der Waals surface area contributed by atoms with Crippen LogP contribution in [0, 0.1) is 5.92 Å². The highest BCUT2D eigenvalue weighted by molar-refractivity contribution is 5.94. The molecule has 0 aliphatic heterocycles. The Bertz CT molecular complexity index is 704. The smallest absolute Gasteiger partial charge is 0.303 e. The molecule has 0 aliphatic carbocycles. The van der Waals surface area contributed by atoms with Gasteiger partial charge in [-0.05, 0) is 57.5 Å². The molecule has 13 nitrogen and oxygen atoms in total. The van der Waals surface area contributed by atoms with Gasteiger partial charge in [0, 0.05) is 6.42 Å². The normalized spacial score (nSPS) is 14.5. The number of nitrogens with two attached hydrogens (primary N) is 4. The zero-order valence-electron chi connectivity index (χ0n) is 20.8. The molecule has 0 radical (unpaired) electrons. The largest absolute Gasteiger partial charge is 0.481 e. The molecule has 0 unspecified atom stereocenters. The molecule has 4 atom stereocenters. The maximum absolute atomic E-state index is 13.0. The number of carboxylic acid groups (broad SMARTS) is 1. The van der Waals surface area contributed by atoms with Crippen LogP contribution in [-0.2, 0) is 24.0 Å². The number of carbonyl (C=O) groups excluding carboxylic acids is 4. The Labute approximate surface area is 206 Å². The second-order valence-corrected chi connectivity index (χ2v) is 8.86. The summed E-state index contributed by atoms with van der Waals surface area (Å²) in [5.74, 6) is -4.18. The molecule has 0 bridgehead atoms. The van der Waals surface area contributed by atoms with Crippen molar-refractivity contribution in [2.75, 3.05) is 13.1 Å². The lowest BCUT2D eigenvalue weighted by atomic mass is 10.0. The molecule has 12 N–H and O–H groups in total. The van der Waals surface area contributed by atoms with Gasteiger partial charge >= 0.3 is 5.97 Å². The van der Waals surface area contributed by atoms with Crippen molar-refractivity contribution in [3.63, 3.8) is 0 Å². The molecular weight excluding hydrogens is 458 g/mol. The SMILES string of the molecule is CC(C)[C@H](NC(=O)[C@H](CCC(=O)O)NC(=O)[C@H](CCCCN)NC(=O)[C@@H](N)CCCCN)C(N)=O. The van der Waals surface area contributed by atoms with Crippen molar-refractivity contribution in [2.24, 2.45) is 28.9 Å². The van der Waals surface area contributed by atoms with E-state index in [0.717, 1.165) is 0 Å². The second kappa shape index (κ2) is 17.6. The van der Waals surface area contributed by atoms with Gasteiger partial charge in [-0.15, -0.1) is 0 Å². The Morgan fingerprint density at radius 1 is 0.743 bits per heavy atom. The van der Waals surface area contributed by atoms with Crippen LogP contribution in [0.2, 0.25) is 0 Å². The van der Waals surface area contributed by atoms with Crippen LogP contribution in [0.4, 0.5) is 0 Å². The highest BCUT2D eigenvalue weighted by Crippen LogP contribution is 2.08. The van der Waals surface area contributed by atoms with E-state index in [0.29, 0.717) is 45.2 Å². The van der Waals surface area contributed by atoms with E-state index in [1.807, 2.05) is 0 Å². The lowest BCUT2D eigenvalue weighted by Gasteiger charge is -2.26. The number of hydrogen-bond acceptors (Lipinski definition) is 8. The van der Waals surface area contributed by atoms with E-state index in [1.165, 1.54) is 0 Å². The first-order valence-corrected chi connectivity index (χ1v) is 12.0. The maximum Gasteiger partial charge on any atom is 0.303 e. The number of carbonyl (C=O) groups is 5. The average molecular weight is 502 g/mol. The molecule has 4 amide bonds. The molecule has 0 saturated carbocycles. The van der Waals surface area contributed by atoms with E-state index in [9.17, 15) is 24.0 Å². The Morgan fingerprint density at radius 2 is 1.23 bits per heavy atom. The van der Waals surface area contributed by atoms with Crippen LogP contribution >= 0.6 is 0 Å². The van der Waals surface area contributed by atoms with Gasteiger partial charge in [0.05, 0.1) is 6.04 Å². The van der Waals surface area contributed by atoms with Gasteiger partial charge in [-0.2, -0.15) is 0 Å². The molecule has 13 heteroatoms. The van der Waals surface area contributed by atoms with Crippen LogP contribution in [-0.4, -0.2) is 72.0 Å². The van der Waals surface area contributed by atoms with Crippen molar-refractivity contribution in [1.29, 1.82) is 0 Å². The summed E-state index contributed by atoms with van der Waals surface area (Å²) in [6, 6.07) is -4.10. The first-order valence-electron chi connectivity index (χ1n) is 12.0. The fourth-order valence-corrected chi connectivity index (χ4v) is 3.31. The van der Waals surface area contributed by atoms with Crippen molar-refractivity contribution < 1.29 is 29.1 Å². The summed E-state index contributed by atoms with van der Waals surface area (Å²) >= 11 is 0. The van der Waals surface area contributed by atoms with Crippen LogP contribution in [0.5, 0.6) is 0 Å². The standard InChI is InChI=1S/C22H43N7O6/c1-13(2)18(19(26)32)29-22(35)16(9-10-17(30)31)28-21(34)15(8-4-6-12-24)27-20(33)14(25)7-3-5-11-23/h13-16,18H,3-12,23-25H2,1-2H3,(H2,26,32)(H,27,33)(H,28,34)(H,29,35)(H,30,31)/t14-,15-,16-,18-/m0/s1. The van der Waals surface area contributed by atoms with Gasteiger partial charge in [0.1, 0.15) is 18.1 Å². The van der Waals surface area contributed by atoms with Crippen LogP contribution in [0.15, 0.2) is 0 Å². The summed E-state index contributed by atoms with van der Waals surface area (Å²) < 4.78 is 0. The Balaban J connectivity index is 5.50. The van der Waals surface area contributed by atoms with E-state index < -0.39 is 60.2 Å². The van der Waals surface area contributed by atoms with Gasteiger partial charge in [-0.25, -0.2) is 0 Å². The summed E-state index contributed by atoms with van der Waals surface area (Å²) in [5.41, 5.74) is 22.3. The molecule has 0 spiro atoms. The van der Waals surface area contributed by atoms with Crippen molar-refractivity contribution >= 4 is 29.6 Å². The number of unbranched alkanes of at least 4 members (excludes halogenated alkanes) is 2. The molecule has 35 heavy (non-hydrogen) atoms. The second-order valence-electron chi connectivity index (χ2n) is 8.86. The fourth-order valence-electron chi connectivity index (χ4n) is 3.31. The molecule has 202 valence electrons. The van der Waals surface area contributed by atoms with Gasteiger partial charge in [-0.1, -0.05) is 20.3 Å². The van der Waals surface area contributed by atoms with Gasteiger partial charge in [0.25, 0.3) is 0 Å². The van der Waals surface area contributed by atoms with E-state index >= 15 is 0 Å². The van der Waals surface area contributed by atoms with Crippen LogP contribution in [0.25, 0.3) is 0 Å². The summed E-state index contributed by atoms with van der Waals surface area (Å²) in [6.07, 6.45) is 2.52. The molecule has 0 saturated heterocycles. The molecule has 0 aromatic heterocycles. The number of hydrogen-bond donors (Lipinski definition) is 8. The molecular formula is C22H43N7O6. The minimum Gasteiger partial charge on any atom is -0.481 e. The first-order chi connectivity index (χ1) is 16.4. The quantitative estimate of drug-likeness (QED) is 0.0913. The Kier molecular flexibility index (Phi) is 16.2. The van der Waals surface area contributed by atoms with E-state index in [2.05, 4.69) is 16.0 Å². The molecule has 0 heterocycles. The maximum atomic E-state index is 13.0. The topological polar surface area (TPSA) is 246 Å². The highest BCUT2D eigenvalue weighted by atomic mass is 16.4. The van der Waals surface area contributed by atoms with Crippen LogP contribution in [0.1, 0.15) is 65.2 Å². The fraction of sp³-hybridized carbons (Fsp3) is 0.773. The minimum atomic E-state index is -1.26. The van der Waals surface area contributed by atoms with Gasteiger partial charge in [-0.3, -0.25) is 24.0 Å². The number of primary amides is 1. The van der Waals surface area contributed by atoms with Crippen LogP contribution < -0.4 is 38.9 Å². The summed E-state index contributed by atoms with van der Waals surface area (Å²) in [7, 11) is 0.